The minimum absolute atomic E-state index is 0.109. The molecule has 2 nitrogen and oxygen atoms in total. The first-order valence-corrected chi connectivity index (χ1v) is 16.2. The minimum Gasteiger partial charge on any atom is -0.390 e. The lowest BCUT2D eigenvalue weighted by Crippen LogP contribution is -2.38. The zero-order valence-corrected chi connectivity index (χ0v) is 28.2. The van der Waals surface area contributed by atoms with Crippen LogP contribution in [-0.2, 0) is 6.54 Å². The average Bonchev–Trinajstić information content (AvgIpc) is 2.92. The highest BCUT2D eigenvalue weighted by Crippen LogP contribution is 2.41. The third-order valence-electron chi connectivity index (χ3n) is 9.01. The maximum Gasteiger partial charge on any atom is 0.206 e. The van der Waals surface area contributed by atoms with Gasteiger partial charge >= 0.3 is 0 Å². The zero-order valence-electron chi connectivity index (χ0n) is 28.2. The fraction of sp³-hybridized carbons (Fsp3) is 0.439. The topological polar surface area (TPSA) is 24.1 Å². The highest BCUT2D eigenvalue weighted by Gasteiger charge is 2.27. The summed E-state index contributed by atoms with van der Waals surface area (Å²) in [4.78, 5) is 0. The predicted molar refractivity (Wildman–Crippen MR) is 187 cm³/mol. The summed E-state index contributed by atoms with van der Waals surface area (Å²) in [5.74, 6) is 0. The molecule has 0 bridgehead atoms. The fourth-order valence-electron chi connectivity index (χ4n) is 6.47. The molecule has 1 heterocycles. The molecule has 2 heteroatoms. The van der Waals surface area contributed by atoms with E-state index in [4.69, 9.17) is 0 Å². The van der Waals surface area contributed by atoms with Crippen molar-refractivity contribution in [2.24, 2.45) is 10.8 Å². The van der Waals surface area contributed by atoms with Crippen LogP contribution in [0, 0.1) is 10.8 Å². The van der Waals surface area contributed by atoms with Crippen molar-refractivity contribution in [2.45, 2.75) is 100 Å². The first-order valence-electron chi connectivity index (χ1n) is 16.2. The molecule has 0 radical (unpaired) electrons. The molecule has 1 aromatic heterocycles. The molecule has 0 amide bonds. The highest BCUT2D eigenvalue weighted by molar-refractivity contribution is 5.57. The van der Waals surface area contributed by atoms with Crippen LogP contribution >= 0.6 is 0 Å². The lowest BCUT2D eigenvalue weighted by atomic mass is 9.72. The van der Waals surface area contributed by atoms with Crippen LogP contribution < -0.4 is 4.57 Å². The van der Waals surface area contributed by atoms with E-state index in [1.165, 1.54) is 66.4 Å². The van der Waals surface area contributed by atoms with Crippen molar-refractivity contribution in [1.82, 2.24) is 0 Å². The molecule has 1 N–H and O–H groups in total. The van der Waals surface area contributed by atoms with Gasteiger partial charge in [-0.1, -0.05) is 111 Å². The molecule has 0 atom stereocenters. The molecule has 0 aromatic carbocycles. The predicted octanol–water partition coefficient (Wildman–Crippen LogP) is 10.6. The van der Waals surface area contributed by atoms with E-state index in [2.05, 4.69) is 151 Å². The molecule has 0 unspecified atom stereocenters. The monoisotopic (exact) mass is 578 g/mol. The maximum atomic E-state index is 9.60. The number of aliphatic hydroxyl groups is 1. The second-order valence-corrected chi connectivity index (χ2v) is 13.8. The van der Waals surface area contributed by atoms with Crippen molar-refractivity contribution in [3.8, 4) is 0 Å². The van der Waals surface area contributed by atoms with Gasteiger partial charge in [-0.3, -0.25) is 0 Å². The first kappa shape index (κ1) is 34.3. The third kappa shape index (κ3) is 10.5. The number of rotatable bonds is 11. The van der Waals surface area contributed by atoms with Gasteiger partial charge in [-0.05, 0) is 99.3 Å². The SMILES string of the molecule is CC1=C(/C=C/C=C/C=C/c2cc[n+](CCO)c(/C=C(C)/C=C/C=C(C)/C=C/C3=C(C)CCCC3(C)C)c2)C(C)(C)CCC1. The van der Waals surface area contributed by atoms with E-state index in [1.807, 2.05) is 0 Å². The molecule has 1 aromatic rings. The van der Waals surface area contributed by atoms with E-state index in [-0.39, 0.29) is 17.4 Å². The van der Waals surface area contributed by atoms with Crippen LogP contribution in [0.2, 0.25) is 0 Å². The van der Waals surface area contributed by atoms with E-state index in [0.717, 1.165) is 16.8 Å². The number of hydrogen-bond acceptors (Lipinski definition) is 1. The summed E-state index contributed by atoms with van der Waals surface area (Å²) in [6.07, 6.45) is 35.7. The molecule has 0 spiro atoms. The third-order valence-corrected chi connectivity index (χ3v) is 9.01. The van der Waals surface area contributed by atoms with E-state index in [9.17, 15) is 5.11 Å². The molecule has 0 saturated heterocycles. The molecule has 0 aliphatic heterocycles. The lowest BCUT2D eigenvalue weighted by Gasteiger charge is -2.32. The Morgan fingerprint density at radius 2 is 1.40 bits per heavy atom. The van der Waals surface area contributed by atoms with Gasteiger partial charge in [0.15, 0.2) is 12.7 Å². The normalized spacial score (nSPS) is 20.3. The van der Waals surface area contributed by atoms with Crippen LogP contribution in [0.4, 0.5) is 0 Å². The van der Waals surface area contributed by atoms with Gasteiger partial charge in [0.25, 0.3) is 0 Å². The second-order valence-electron chi connectivity index (χ2n) is 13.8. The molecule has 2 aliphatic carbocycles. The van der Waals surface area contributed by atoms with Crippen LogP contribution in [0.3, 0.4) is 0 Å². The largest absolute Gasteiger partial charge is 0.390 e. The van der Waals surface area contributed by atoms with E-state index in [1.54, 1.807) is 0 Å². The van der Waals surface area contributed by atoms with E-state index < -0.39 is 0 Å². The van der Waals surface area contributed by atoms with Gasteiger partial charge in [-0.15, -0.1) is 0 Å². The van der Waals surface area contributed by atoms with Crippen molar-refractivity contribution < 1.29 is 9.67 Å². The minimum atomic E-state index is 0.109. The van der Waals surface area contributed by atoms with Gasteiger partial charge in [0.05, 0.1) is 0 Å². The van der Waals surface area contributed by atoms with Gasteiger partial charge in [0.1, 0.15) is 6.61 Å². The summed E-state index contributed by atoms with van der Waals surface area (Å²) in [6.45, 7) is 19.0. The first-order chi connectivity index (χ1) is 20.4. The summed E-state index contributed by atoms with van der Waals surface area (Å²) in [6, 6.07) is 4.28. The fourth-order valence-corrected chi connectivity index (χ4v) is 6.47. The van der Waals surface area contributed by atoms with E-state index >= 15 is 0 Å². The van der Waals surface area contributed by atoms with Crippen LogP contribution in [0.25, 0.3) is 12.2 Å². The lowest BCUT2D eigenvalue weighted by molar-refractivity contribution is -0.699. The summed E-state index contributed by atoms with van der Waals surface area (Å²) in [7, 11) is 0. The zero-order chi connectivity index (χ0) is 31.5. The second kappa shape index (κ2) is 16.0. The van der Waals surface area contributed by atoms with Crippen molar-refractivity contribution in [3.05, 3.63) is 124 Å². The summed E-state index contributed by atoms with van der Waals surface area (Å²) in [5.41, 5.74) is 11.2. The number of nitrogens with zero attached hydrogens (tertiary/aromatic N) is 1. The highest BCUT2D eigenvalue weighted by atomic mass is 16.3. The smallest absolute Gasteiger partial charge is 0.206 e. The number of aromatic nitrogens is 1. The average molecular weight is 579 g/mol. The van der Waals surface area contributed by atoms with Gasteiger partial charge in [-0.2, -0.15) is 4.57 Å². The Morgan fingerprint density at radius 3 is 2.00 bits per heavy atom. The van der Waals surface area contributed by atoms with Crippen LogP contribution in [0.15, 0.2) is 113 Å². The number of aliphatic hydroxyl groups excluding tert-OH is 1. The van der Waals surface area contributed by atoms with Crippen molar-refractivity contribution in [3.63, 3.8) is 0 Å². The summed E-state index contributed by atoms with van der Waals surface area (Å²) in [5, 5.41) is 9.60. The standard InChI is InChI=1S/C41H56NO/c1-32(22-23-39-35(4)19-15-26-41(39,7)8)16-13-17-33(2)30-37-31-36(24-27-42(37)28-29-43)20-11-9-10-12-21-38-34(3)18-14-25-40(38,5)6/h9-13,16-17,20-24,27,30-31,43H,14-15,18-19,25-26,28-29H2,1-8H3/q+1/b10-9+,17-13+,20-11+,21-12+,23-22+,32-16+,33-30+. The quantitative estimate of drug-likeness (QED) is 0.205. The van der Waals surface area contributed by atoms with Gasteiger partial charge in [-0.25, -0.2) is 0 Å². The molecule has 0 saturated carbocycles. The van der Waals surface area contributed by atoms with Gasteiger partial charge in [0, 0.05) is 18.2 Å². The molecular weight excluding hydrogens is 522 g/mol. The molecule has 230 valence electrons. The molecule has 3 rings (SSSR count). The number of allylic oxidation sites excluding steroid dienone is 16. The van der Waals surface area contributed by atoms with Crippen LogP contribution in [0.1, 0.15) is 105 Å². The molecule has 43 heavy (non-hydrogen) atoms. The summed E-state index contributed by atoms with van der Waals surface area (Å²) >= 11 is 0. The van der Waals surface area contributed by atoms with Gasteiger partial charge < -0.3 is 5.11 Å². The van der Waals surface area contributed by atoms with Crippen molar-refractivity contribution >= 4 is 12.2 Å². The maximum absolute atomic E-state index is 9.60. The number of pyridine rings is 1. The van der Waals surface area contributed by atoms with Crippen molar-refractivity contribution in [1.29, 1.82) is 0 Å². The van der Waals surface area contributed by atoms with E-state index in [0.29, 0.717) is 6.54 Å². The summed E-state index contributed by atoms with van der Waals surface area (Å²) < 4.78 is 2.10. The Kier molecular flexibility index (Phi) is 12.8. The van der Waals surface area contributed by atoms with Crippen LogP contribution in [-0.4, -0.2) is 11.7 Å². The molecule has 0 fully saturated rings. The van der Waals surface area contributed by atoms with Crippen molar-refractivity contribution in [2.75, 3.05) is 6.61 Å². The Hall–Kier alpha value is -3.23. The molecular formula is C41H56NO+. The molecule has 2 aliphatic rings. The Bertz CT molecular complexity index is 1390. The Balaban J connectivity index is 1.68. The Morgan fingerprint density at radius 1 is 0.791 bits per heavy atom. The Labute approximate surface area is 263 Å². The van der Waals surface area contributed by atoms with Gasteiger partial charge in [0.2, 0.25) is 5.69 Å². The number of hydrogen-bond donors (Lipinski definition) is 1. The van der Waals surface area contributed by atoms with Crippen LogP contribution in [0.5, 0.6) is 0 Å².